The molecule has 0 aromatic heterocycles. The van der Waals surface area contributed by atoms with E-state index in [2.05, 4.69) is 5.32 Å². The number of allylic oxidation sites excluding steroid dienone is 3. The number of amides is 2. The molecular formula is C29H43F3N2O6. The summed E-state index contributed by atoms with van der Waals surface area (Å²) in [6, 6.07) is 6.51. The molecule has 3 N–H and O–H groups in total. The molecule has 0 radical (unpaired) electrons. The average Bonchev–Trinajstić information content (AvgIpc) is 2.90. The van der Waals surface area contributed by atoms with Crippen molar-refractivity contribution in [2.24, 2.45) is 5.73 Å². The van der Waals surface area contributed by atoms with E-state index in [1.807, 2.05) is 0 Å². The highest BCUT2D eigenvalue weighted by Crippen LogP contribution is 2.21. The lowest BCUT2D eigenvalue weighted by Gasteiger charge is -2.19. The summed E-state index contributed by atoms with van der Waals surface area (Å²) in [5.41, 5.74) is 4.94. The lowest BCUT2D eigenvalue weighted by atomic mass is 10.1. The molecule has 0 aliphatic carbocycles. The van der Waals surface area contributed by atoms with Gasteiger partial charge in [-0.1, -0.05) is 19.4 Å². The number of ketones is 1. The van der Waals surface area contributed by atoms with Crippen LogP contribution in [0.3, 0.4) is 0 Å². The van der Waals surface area contributed by atoms with Gasteiger partial charge < -0.3 is 25.3 Å². The summed E-state index contributed by atoms with van der Waals surface area (Å²) in [6.07, 6.45) is 3.27. The summed E-state index contributed by atoms with van der Waals surface area (Å²) >= 11 is 0. The van der Waals surface area contributed by atoms with Crippen LogP contribution in [0, 0.1) is 0 Å². The monoisotopic (exact) mass is 572 g/mol. The first-order chi connectivity index (χ1) is 18.8. The number of Topliss-reactive ketones (excluding diaryl/α,β-unsaturated/α-hetero) is 1. The Labute approximate surface area is 235 Å². The maximum Gasteiger partial charge on any atom is 0.407 e. The molecular weight excluding hydrogens is 529 g/mol. The van der Waals surface area contributed by atoms with E-state index in [0.717, 1.165) is 12.5 Å². The number of carbonyl (C=O) groups excluding carboxylic acids is 3. The Kier molecular flexibility index (Phi) is 18.6. The second-order valence-corrected chi connectivity index (χ2v) is 9.57. The van der Waals surface area contributed by atoms with Crippen molar-refractivity contribution in [3.63, 3.8) is 0 Å². The van der Waals surface area contributed by atoms with Crippen LogP contribution in [0.25, 0.3) is 0 Å². The fourth-order valence-electron chi connectivity index (χ4n) is 2.91. The van der Waals surface area contributed by atoms with E-state index in [4.69, 9.17) is 19.9 Å². The number of carbonyl (C=O) groups is 3. The Morgan fingerprint density at radius 1 is 1.07 bits per heavy atom. The van der Waals surface area contributed by atoms with Crippen molar-refractivity contribution in [1.29, 1.82) is 0 Å². The molecule has 0 fully saturated rings. The molecule has 1 aromatic rings. The predicted octanol–water partition coefficient (Wildman–Crippen LogP) is 6.65. The van der Waals surface area contributed by atoms with Crippen LogP contribution in [0.1, 0.15) is 83.5 Å². The number of alkyl carbamates (subject to hydrolysis) is 1. The number of benzene rings is 1. The fourth-order valence-corrected chi connectivity index (χ4v) is 2.91. The summed E-state index contributed by atoms with van der Waals surface area (Å²) in [5, 5.41) is 2.64. The van der Waals surface area contributed by atoms with Gasteiger partial charge in [0.25, 0.3) is 0 Å². The van der Waals surface area contributed by atoms with Crippen molar-refractivity contribution in [3.05, 3.63) is 53.3 Å². The molecule has 0 unspecified atom stereocenters. The number of rotatable bonds is 16. The van der Waals surface area contributed by atoms with Crippen molar-refractivity contribution in [2.75, 3.05) is 26.4 Å². The molecule has 11 heteroatoms. The molecule has 0 saturated heterocycles. The first-order valence-corrected chi connectivity index (χ1v) is 13.2. The van der Waals surface area contributed by atoms with Crippen LogP contribution < -0.4 is 15.8 Å². The first kappa shape index (κ1) is 36.5. The molecule has 0 aliphatic heterocycles. The zero-order valence-electron chi connectivity index (χ0n) is 24.1. The number of nitrogens with one attached hydrogen (secondary N) is 1. The average molecular weight is 573 g/mol. The van der Waals surface area contributed by atoms with Gasteiger partial charge in [0.05, 0.1) is 13.3 Å². The highest BCUT2D eigenvalue weighted by atomic mass is 19.1. The Bertz CT molecular complexity index is 990. The molecule has 0 spiro atoms. The van der Waals surface area contributed by atoms with E-state index < -0.39 is 41.7 Å². The molecule has 0 atom stereocenters. The number of primary amides is 1. The van der Waals surface area contributed by atoms with E-state index in [9.17, 15) is 27.6 Å². The van der Waals surface area contributed by atoms with Crippen LogP contribution in [0.2, 0.25) is 0 Å². The topological polar surface area (TPSA) is 117 Å². The van der Waals surface area contributed by atoms with Crippen molar-refractivity contribution in [2.45, 2.75) is 78.7 Å². The van der Waals surface area contributed by atoms with E-state index in [1.165, 1.54) is 13.8 Å². The maximum atomic E-state index is 13.6. The molecule has 0 heterocycles. The zero-order valence-corrected chi connectivity index (χ0v) is 24.1. The third-order valence-electron chi connectivity index (χ3n) is 4.87. The number of nitrogens with two attached hydrogens (primary N) is 1. The van der Waals surface area contributed by atoms with Crippen LogP contribution in [0.4, 0.5) is 18.0 Å². The molecule has 0 aliphatic rings. The van der Waals surface area contributed by atoms with Crippen molar-refractivity contribution in [1.82, 2.24) is 5.32 Å². The largest absolute Gasteiger partial charge is 0.493 e. The molecule has 1 aromatic carbocycles. The number of alkyl halides is 1. The minimum Gasteiger partial charge on any atom is -0.493 e. The van der Waals surface area contributed by atoms with Crippen LogP contribution in [0.15, 0.2) is 47.8 Å². The summed E-state index contributed by atoms with van der Waals surface area (Å²) in [5.74, 6) is -2.22. The Balaban J connectivity index is 0.000000906. The third-order valence-corrected chi connectivity index (χ3v) is 4.87. The summed E-state index contributed by atoms with van der Waals surface area (Å²) in [4.78, 5) is 34.0. The summed E-state index contributed by atoms with van der Waals surface area (Å²) in [6.45, 7) is 8.32. The van der Waals surface area contributed by atoms with Gasteiger partial charge >= 0.3 is 6.09 Å². The Morgan fingerprint density at radius 3 is 2.35 bits per heavy atom. The number of halogens is 3. The SMILES string of the molecule is C/C=C(F)\C(OCC(=O)CCCCCNC(=O)OC(C)(C)C)=C(\F)CC.NC(=O)c1cccc(OCCCF)c1. The number of ether oxygens (including phenoxy) is 3. The smallest absolute Gasteiger partial charge is 0.407 e. The van der Waals surface area contributed by atoms with E-state index in [0.29, 0.717) is 43.7 Å². The molecule has 8 nitrogen and oxygen atoms in total. The van der Waals surface area contributed by atoms with Crippen molar-refractivity contribution < 1.29 is 41.8 Å². The summed E-state index contributed by atoms with van der Waals surface area (Å²) < 4.78 is 54.1. The van der Waals surface area contributed by atoms with Crippen LogP contribution in [0.5, 0.6) is 5.75 Å². The van der Waals surface area contributed by atoms with Gasteiger partial charge in [-0.05, 0) is 64.8 Å². The van der Waals surface area contributed by atoms with Gasteiger partial charge in [-0.25, -0.2) is 13.6 Å². The molecule has 226 valence electrons. The number of hydrogen-bond donors (Lipinski definition) is 2. The van der Waals surface area contributed by atoms with Crippen LogP contribution >= 0.6 is 0 Å². The van der Waals surface area contributed by atoms with E-state index >= 15 is 0 Å². The highest BCUT2D eigenvalue weighted by Gasteiger charge is 2.16. The molecule has 40 heavy (non-hydrogen) atoms. The molecule has 2 amide bonds. The van der Waals surface area contributed by atoms with E-state index in [1.54, 1.807) is 45.0 Å². The number of unbranched alkanes of at least 4 members (excludes halogenated alkanes) is 2. The van der Waals surface area contributed by atoms with Gasteiger partial charge in [0.1, 0.15) is 23.8 Å². The normalized spacial score (nSPS) is 11.9. The highest BCUT2D eigenvalue weighted by molar-refractivity contribution is 5.93. The number of hydrogen-bond acceptors (Lipinski definition) is 6. The standard InChI is InChI=1S/C19H31F2NO4.C10H12FNO2/c1-6-15(20)17(16(21)7-2)25-13-14(23)11-9-8-10-12-22-18(24)26-19(3,4)5;11-5-2-6-14-9-4-1-3-8(7-9)10(12)13/h6H,7-13H2,1-5H3,(H,22,24);1,3-4,7H,2,5-6H2,(H2,12,13)/b15-6+,17-16-;. The van der Waals surface area contributed by atoms with Gasteiger partial charge in [-0.3, -0.25) is 14.0 Å². The molecule has 0 bridgehead atoms. The molecule has 0 saturated carbocycles. The minimum atomic E-state index is -0.814. The Hall–Kier alpha value is -3.50. The Morgan fingerprint density at radius 2 is 1.77 bits per heavy atom. The van der Waals surface area contributed by atoms with Crippen LogP contribution in [-0.2, 0) is 14.3 Å². The van der Waals surface area contributed by atoms with Crippen molar-refractivity contribution >= 4 is 17.8 Å². The quantitative estimate of drug-likeness (QED) is 0.130. The fraction of sp³-hybridized carbons (Fsp3) is 0.552. The van der Waals surface area contributed by atoms with Gasteiger partial charge in [0, 0.05) is 31.4 Å². The minimum absolute atomic E-state index is 0.00453. The van der Waals surface area contributed by atoms with Crippen molar-refractivity contribution in [3.8, 4) is 5.75 Å². The predicted molar refractivity (Wildman–Crippen MR) is 148 cm³/mol. The second kappa shape index (κ2) is 20.4. The second-order valence-electron chi connectivity index (χ2n) is 9.57. The van der Waals surface area contributed by atoms with Gasteiger partial charge in [0.2, 0.25) is 5.91 Å². The van der Waals surface area contributed by atoms with Gasteiger partial charge in [-0.15, -0.1) is 0 Å². The lowest BCUT2D eigenvalue weighted by Crippen LogP contribution is -2.33. The zero-order chi connectivity index (χ0) is 30.6. The molecule has 1 rings (SSSR count). The van der Waals surface area contributed by atoms with Crippen LogP contribution in [-0.4, -0.2) is 49.8 Å². The van der Waals surface area contributed by atoms with E-state index in [-0.39, 0.29) is 25.2 Å². The van der Waals surface area contributed by atoms with Gasteiger partial charge in [0.15, 0.2) is 17.4 Å². The summed E-state index contributed by atoms with van der Waals surface area (Å²) in [7, 11) is 0. The lowest BCUT2D eigenvalue weighted by molar-refractivity contribution is -0.122. The van der Waals surface area contributed by atoms with Gasteiger partial charge in [-0.2, -0.15) is 0 Å². The third kappa shape index (κ3) is 17.9. The maximum absolute atomic E-state index is 13.6. The first-order valence-electron chi connectivity index (χ1n) is 13.2.